The maximum absolute atomic E-state index is 5.67. The van der Waals surface area contributed by atoms with E-state index in [-0.39, 0.29) is 0 Å². The van der Waals surface area contributed by atoms with E-state index in [2.05, 4.69) is 26.1 Å². The summed E-state index contributed by atoms with van der Waals surface area (Å²) in [6.45, 7) is 8.52. The second-order valence-corrected chi connectivity index (χ2v) is 3.89. The van der Waals surface area contributed by atoms with Crippen LogP contribution in [0.25, 0.3) is 0 Å². The molecule has 0 bridgehead atoms. The lowest BCUT2D eigenvalue weighted by Crippen LogP contribution is -2.20. The first kappa shape index (κ1) is 9.01. The number of hydrogen-bond acceptors (Lipinski definition) is 2. The largest absolute Gasteiger partial charge is 0.377 e. The molecule has 2 atom stereocenters. The van der Waals surface area contributed by atoms with Crippen molar-refractivity contribution < 1.29 is 4.74 Å². The summed E-state index contributed by atoms with van der Waals surface area (Å²) in [6.07, 6.45) is 1.64. The molecule has 11 heavy (non-hydrogen) atoms. The lowest BCUT2D eigenvalue weighted by molar-refractivity contribution is 0.0474. The minimum absolute atomic E-state index is 0.465. The molecule has 1 saturated heterocycles. The first-order chi connectivity index (χ1) is 5.18. The van der Waals surface area contributed by atoms with Crippen LogP contribution >= 0.6 is 0 Å². The number of hydrogen-bond donors (Lipinski definition) is 1. The maximum atomic E-state index is 5.67. The first-order valence-corrected chi connectivity index (χ1v) is 4.53. The molecule has 1 rings (SSSR count). The van der Waals surface area contributed by atoms with E-state index in [9.17, 15) is 0 Å². The molecule has 0 spiro atoms. The van der Waals surface area contributed by atoms with Crippen LogP contribution in [0, 0.1) is 5.92 Å². The first-order valence-electron chi connectivity index (χ1n) is 4.53. The average Bonchev–Trinajstić information content (AvgIpc) is 2.31. The van der Waals surface area contributed by atoms with Crippen molar-refractivity contribution in [2.75, 3.05) is 13.2 Å². The summed E-state index contributed by atoms with van der Waals surface area (Å²) in [5.74, 6) is 0.658. The van der Waals surface area contributed by atoms with Gasteiger partial charge in [-0.2, -0.15) is 0 Å². The molecule has 0 unspecified atom stereocenters. The predicted molar refractivity (Wildman–Crippen MR) is 46.7 cm³/mol. The van der Waals surface area contributed by atoms with Gasteiger partial charge >= 0.3 is 0 Å². The number of nitrogens with one attached hydrogen (secondary N) is 1. The monoisotopic (exact) mass is 157 g/mol. The average molecular weight is 157 g/mol. The van der Waals surface area contributed by atoms with E-state index in [0.29, 0.717) is 18.1 Å². The lowest BCUT2D eigenvalue weighted by Gasteiger charge is -2.12. The van der Waals surface area contributed by atoms with Crippen LogP contribution < -0.4 is 5.32 Å². The molecular weight excluding hydrogens is 138 g/mol. The number of rotatable bonds is 3. The Morgan fingerprint density at radius 2 is 2.27 bits per heavy atom. The Balaban J connectivity index is 2.08. The van der Waals surface area contributed by atoms with Crippen molar-refractivity contribution in [2.24, 2.45) is 5.92 Å². The molecular formula is C9H19NO. The molecule has 2 nitrogen and oxygen atoms in total. The van der Waals surface area contributed by atoms with Crippen molar-refractivity contribution in [1.29, 1.82) is 0 Å². The summed E-state index contributed by atoms with van der Waals surface area (Å²) in [6, 6.07) is 0.646. The van der Waals surface area contributed by atoms with Crippen molar-refractivity contribution >= 4 is 0 Å². The van der Waals surface area contributed by atoms with Crippen LogP contribution in [0.15, 0.2) is 0 Å². The third-order valence-electron chi connectivity index (χ3n) is 1.98. The molecule has 0 aromatic rings. The zero-order chi connectivity index (χ0) is 8.27. The Morgan fingerprint density at radius 1 is 1.55 bits per heavy atom. The topological polar surface area (TPSA) is 21.3 Å². The molecule has 1 heterocycles. The van der Waals surface area contributed by atoms with Crippen LogP contribution in [-0.2, 0) is 4.74 Å². The minimum Gasteiger partial charge on any atom is -0.377 e. The van der Waals surface area contributed by atoms with Gasteiger partial charge in [0.1, 0.15) is 0 Å². The Bertz CT molecular complexity index is 114. The van der Waals surface area contributed by atoms with Gasteiger partial charge < -0.3 is 10.1 Å². The molecule has 0 amide bonds. The van der Waals surface area contributed by atoms with Gasteiger partial charge in [0.15, 0.2) is 0 Å². The highest BCUT2D eigenvalue weighted by molar-refractivity contribution is 4.78. The van der Waals surface area contributed by atoms with Gasteiger partial charge in [0.25, 0.3) is 0 Å². The molecule has 1 aliphatic rings. The zero-order valence-corrected chi connectivity index (χ0v) is 7.76. The van der Waals surface area contributed by atoms with Crippen molar-refractivity contribution in [2.45, 2.75) is 39.3 Å². The normalized spacial score (nSPS) is 31.6. The van der Waals surface area contributed by atoms with Gasteiger partial charge in [0.05, 0.1) is 6.10 Å². The van der Waals surface area contributed by atoms with E-state index >= 15 is 0 Å². The predicted octanol–water partition coefficient (Wildman–Crippen LogP) is 1.41. The van der Waals surface area contributed by atoms with Crippen LogP contribution in [0.3, 0.4) is 0 Å². The van der Waals surface area contributed by atoms with Gasteiger partial charge in [0, 0.05) is 19.2 Å². The summed E-state index contributed by atoms with van der Waals surface area (Å²) < 4.78 is 5.67. The summed E-state index contributed by atoms with van der Waals surface area (Å²) in [5.41, 5.74) is 0. The van der Waals surface area contributed by atoms with Gasteiger partial charge in [-0.05, 0) is 19.3 Å². The van der Waals surface area contributed by atoms with Gasteiger partial charge in [-0.15, -0.1) is 0 Å². The van der Waals surface area contributed by atoms with Gasteiger partial charge in [-0.3, -0.25) is 0 Å². The third kappa shape index (κ3) is 3.21. The van der Waals surface area contributed by atoms with Gasteiger partial charge in [-0.1, -0.05) is 13.8 Å². The summed E-state index contributed by atoms with van der Waals surface area (Å²) in [4.78, 5) is 0. The lowest BCUT2D eigenvalue weighted by atomic mass is 10.2. The standard InChI is InChI=1S/C9H19NO/c1-7(2)6-11-9-4-8(3)10-5-9/h7-10H,4-6H2,1-3H3/t8-,9-/m0/s1. The molecule has 1 N–H and O–H groups in total. The fraction of sp³-hybridized carbons (Fsp3) is 1.00. The van der Waals surface area contributed by atoms with Gasteiger partial charge in [-0.25, -0.2) is 0 Å². The number of ether oxygens (including phenoxy) is 1. The zero-order valence-electron chi connectivity index (χ0n) is 7.76. The van der Waals surface area contributed by atoms with Crippen LogP contribution in [0.2, 0.25) is 0 Å². The highest BCUT2D eigenvalue weighted by atomic mass is 16.5. The second-order valence-electron chi connectivity index (χ2n) is 3.89. The maximum Gasteiger partial charge on any atom is 0.0714 e. The Hall–Kier alpha value is -0.0800. The van der Waals surface area contributed by atoms with E-state index in [1.165, 1.54) is 6.42 Å². The minimum atomic E-state index is 0.465. The van der Waals surface area contributed by atoms with E-state index in [1.54, 1.807) is 0 Å². The van der Waals surface area contributed by atoms with E-state index in [0.717, 1.165) is 13.2 Å². The van der Waals surface area contributed by atoms with Crippen LogP contribution in [0.4, 0.5) is 0 Å². The van der Waals surface area contributed by atoms with Gasteiger partial charge in [0.2, 0.25) is 0 Å². The summed E-state index contributed by atoms with van der Waals surface area (Å²) in [7, 11) is 0. The summed E-state index contributed by atoms with van der Waals surface area (Å²) in [5, 5.41) is 3.37. The highest BCUT2D eigenvalue weighted by Gasteiger charge is 2.20. The molecule has 0 saturated carbocycles. The highest BCUT2D eigenvalue weighted by Crippen LogP contribution is 2.10. The van der Waals surface area contributed by atoms with Crippen LogP contribution in [0.5, 0.6) is 0 Å². The molecule has 1 aliphatic heterocycles. The van der Waals surface area contributed by atoms with Crippen molar-refractivity contribution in [3.63, 3.8) is 0 Å². The Kier molecular flexibility index (Phi) is 3.34. The molecule has 66 valence electrons. The van der Waals surface area contributed by atoms with Crippen LogP contribution in [-0.4, -0.2) is 25.3 Å². The smallest absolute Gasteiger partial charge is 0.0714 e. The SMILES string of the molecule is CC(C)CO[C@@H]1CN[C@@H](C)C1. The Morgan fingerprint density at radius 3 is 2.73 bits per heavy atom. The molecule has 2 heteroatoms. The Labute approximate surface area is 69.3 Å². The molecule has 0 aromatic heterocycles. The third-order valence-corrected chi connectivity index (χ3v) is 1.98. The van der Waals surface area contributed by atoms with Crippen molar-refractivity contribution in [1.82, 2.24) is 5.32 Å². The quantitative estimate of drug-likeness (QED) is 0.669. The summed E-state index contributed by atoms with van der Waals surface area (Å²) >= 11 is 0. The van der Waals surface area contributed by atoms with Crippen molar-refractivity contribution in [3.8, 4) is 0 Å². The fourth-order valence-electron chi connectivity index (χ4n) is 1.35. The molecule has 0 aliphatic carbocycles. The van der Waals surface area contributed by atoms with E-state index in [4.69, 9.17) is 4.74 Å². The molecule has 1 fully saturated rings. The fourth-order valence-corrected chi connectivity index (χ4v) is 1.35. The molecule has 0 radical (unpaired) electrons. The van der Waals surface area contributed by atoms with E-state index < -0.39 is 0 Å². The van der Waals surface area contributed by atoms with Crippen LogP contribution in [0.1, 0.15) is 27.2 Å². The van der Waals surface area contributed by atoms with E-state index in [1.807, 2.05) is 0 Å². The van der Waals surface area contributed by atoms with Crippen molar-refractivity contribution in [3.05, 3.63) is 0 Å². The second kappa shape index (κ2) is 4.07. The molecule has 0 aromatic carbocycles.